The highest BCUT2D eigenvalue weighted by molar-refractivity contribution is 6.02. The number of rotatable bonds is 6. The van der Waals surface area contributed by atoms with Gasteiger partial charge < -0.3 is 15.0 Å². The quantitative estimate of drug-likeness (QED) is 0.789. The van der Waals surface area contributed by atoms with Crippen molar-refractivity contribution in [1.29, 1.82) is 0 Å². The molecule has 1 aromatic heterocycles. The summed E-state index contributed by atoms with van der Waals surface area (Å²) >= 11 is 0. The van der Waals surface area contributed by atoms with E-state index in [0.29, 0.717) is 35.9 Å². The zero-order valence-corrected chi connectivity index (χ0v) is 12.8. The standard InChI is InChI=1S/C16H24N2O3/c1-3-21-16(20)15-11(2)17-10-13(15)18-14(19)9-8-12-6-4-5-7-12/h10,12,17H,3-9H2,1-2H3,(H,18,19). The van der Waals surface area contributed by atoms with Crippen LogP contribution in [0.2, 0.25) is 0 Å². The van der Waals surface area contributed by atoms with Gasteiger partial charge in [-0.15, -0.1) is 0 Å². The number of H-pyrrole nitrogens is 1. The Hall–Kier alpha value is -1.78. The SMILES string of the molecule is CCOC(=O)c1c(NC(=O)CCC2CCCC2)c[nH]c1C. The summed E-state index contributed by atoms with van der Waals surface area (Å²) in [5.41, 5.74) is 1.65. The Kier molecular flexibility index (Phi) is 5.42. The van der Waals surface area contributed by atoms with Gasteiger partial charge in [-0.05, 0) is 26.2 Å². The van der Waals surface area contributed by atoms with Gasteiger partial charge in [0.15, 0.2) is 0 Å². The van der Waals surface area contributed by atoms with E-state index < -0.39 is 5.97 Å². The first-order chi connectivity index (χ1) is 10.1. The van der Waals surface area contributed by atoms with Crippen molar-refractivity contribution in [3.63, 3.8) is 0 Å². The number of hydrogen-bond acceptors (Lipinski definition) is 3. The second-order valence-corrected chi connectivity index (χ2v) is 5.66. The van der Waals surface area contributed by atoms with Crippen LogP contribution in [0.25, 0.3) is 0 Å². The van der Waals surface area contributed by atoms with Gasteiger partial charge in [0.25, 0.3) is 0 Å². The van der Waals surface area contributed by atoms with E-state index in [1.165, 1.54) is 25.7 Å². The molecule has 1 aliphatic carbocycles. The lowest BCUT2D eigenvalue weighted by Crippen LogP contribution is -2.15. The fraction of sp³-hybridized carbons (Fsp3) is 0.625. The maximum absolute atomic E-state index is 12.0. The van der Waals surface area contributed by atoms with Crippen molar-refractivity contribution in [2.45, 2.75) is 52.4 Å². The highest BCUT2D eigenvalue weighted by Crippen LogP contribution is 2.29. The molecule has 116 valence electrons. The third kappa shape index (κ3) is 4.09. The smallest absolute Gasteiger partial charge is 0.342 e. The molecule has 0 aliphatic heterocycles. The predicted octanol–water partition coefficient (Wildman–Crippen LogP) is 3.41. The molecule has 1 saturated carbocycles. The van der Waals surface area contributed by atoms with Gasteiger partial charge in [-0.1, -0.05) is 25.7 Å². The Balaban J connectivity index is 1.92. The molecule has 5 nitrogen and oxygen atoms in total. The van der Waals surface area contributed by atoms with Crippen LogP contribution in [0.15, 0.2) is 6.20 Å². The molecule has 0 saturated heterocycles. The molecule has 1 heterocycles. The number of aromatic amines is 1. The van der Waals surface area contributed by atoms with Crippen LogP contribution in [-0.2, 0) is 9.53 Å². The van der Waals surface area contributed by atoms with Gasteiger partial charge in [0.1, 0.15) is 5.56 Å². The van der Waals surface area contributed by atoms with Gasteiger partial charge in [-0.3, -0.25) is 4.79 Å². The molecule has 0 unspecified atom stereocenters. The third-order valence-electron chi connectivity index (χ3n) is 4.09. The molecule has 1 amide bonds. The lowest BCUT2D eigenvalue weighted by molar-refractivity contribution is -0.116. The van der Waals surface area contributed by atoms with E-state index in [0.717, 1.165) is 6.42 Å². The first-order valence-corrected chi connectivity index (χ1v) is 7.76. The largest absolute Gasteiger partial charge is 0.462 e. The molecule has 0 bridgehead atoms. The van der Waals surface area contributed by atoms with Crippen molar-refractivity contribution < 1.29 is 14.3 Å². The van der Waals surface area contributed by atoms with Crippen molar-refractivity contribution >= 4 is 17.6 Å². The molecule has 1 aliphatic rings. The Morgan fingerprint density at radius 1 is 1.38 bits per heavy atom. The lowest BCUT2D eigenvalue weighted by atomic mass is 10.0. The van der Waals surface area contributed by atoms with Crippen LogP contribution >= 0.6 is 0 Å². The predicted molar refractivity (Wildman–Crippen MR) is 81.3 cm³/mol. The van der Waals surface area contributed by atoms with Gasteiger partial charge in [-0.25, -0.2) is 4.79 Å². The Labute approximate surface area is 125 Å². The number of carbonyl (C=O) groups excluding carboxylic acids is 2. The first kappa shape index (κ1) is 15.6. The fourth-order valence-electron chi connectivity index (χ4n) is 2.94. The summed E-state index contributed by atoms with van der Waals surface area (Å²) in [5.74, 6) is 0.252. The Bertz CT molecular complexity index is 502. The number of amides is 1. The number of anilines is 1. The molecule has 21 heavy (non-hydrogen) atoms. The van der Waals surface area contributed by atoms with E-state index in [1.807, 2.05) is 0 Å². The van der Waals surface area contributed by atoms with Crippen LogP contribution in [-0.4, -0.2) is 23.5 Å². The summed E-state index contributed by atoms with van der Waals surface area (Å²) in [5, 5.41) is 2.82. The summed E-state index contributed by atoms with van der Waals surface area (Å²) < 4.78 is 5.02. The molecule has 0 spiro atoms. The van der Waals surface area contributed by atoms with E-state index >= 15 is 0 Å². The number of hydrogen-bond donors (Lipinski definition) is 2. The second-order valence-electron chi connectivity index (χ2n) is 5.66. The van der Waals surface area contributed by atoms with Crippen molar-refractivity contribution in [2.24, 2.45) is 5.92 Å². The highest BCUT2D eigenvalue weighted by Gasteiger charge is 2.20. The topological polar surface area (TPSA) is 71.2 Å². The molecule has 1 aromatic rings. The van der Waals surface area contributed by atoms with Crippen LogP contribution in [0.4, 0.5) is 5.69 Å². The van der Waals surface area contributed by atoms with E-state index in [4.69, 9.17) is 4.74 Å². The van der Waals surface area contributed by atoms with Gasteiger partial charge in [0, 0.05) is 18.3 Å². The van der Waals surface area contributed by atoms with Crippen molar-refractivity contribution in [1.82, 2.24) is 4.98 Å². The van der Waals surface area contributed by atoms with Crippen molar-refractivity contribution in [3.8, 4) is 0 Å². The van der Waals surface area contributed by atoms with Gasteiger partial charge in [-0.2, -0.15) is 0 Å². The van der Waals surface area contributed by atoms with E-state index in [9.17, 15) is 9.59 Å². The van der Waals surface area contributed by atoms with Crippen LogP contribution < -0.4 is 5.32 Å². The maximum Gasteiger partial charge on any atom is 0.342 e. The lowest BCUT2D eigenvalue weighted by Gasteiger charge is -2.10. The molecule has 2 N–H and O–H groups in total. The molecule has 0 radical (unpaired) electrons. The number of aromatic nitrogens is 1. The average molecular weight is 292 g/mol. The van der Waals surface area contributed by atoms with Gasteiger partial charge in [0.2, 0.25) is 5.91 Å². The van der Waals surface area contributed by atoms with Crippen molar-refractivity contribution in [3.05, 3.63) is 17.5 Å². The van der Waals surface area contributed by atoms with Crippen molar-refractivity contribution in [2.75, 3.05) is 11.9 Å². The minimum Gasteiger partial charge on any atom is -0.462 e. The number of nitrogens with one attached hydrogen (secondary N) is 2. The molecule has 0 atom stereocenters. The molecular weight excluding hydrogens is 268 g/mol. The van der Waals surface area contributed by atoms with Crippen LogP contribution in [0.5, 0.6) is 0 Å². The maximum atomic E-state index is 12.0. The molecule has 5 heteroatoms. The first-order valence-electron chi connectivity index (χ1n) is 7.76. The van der Waals surface area contributed by atoms with Gasteiger partial charge >= 0.3 is 5.97 Å². The van der Waals surface area contributed by atoms with Crippen LogP contribution in [0.1, 0.15) is 61.5 Å². The summed E-state index contributed by atoms with van der Waals surface area (Å²) in [6, 6.07) is 0. The average Bonchev–Trinajstić information content (AvgIpc) is 3.07. The van der Waals surface area contributed by atoms with Gasteiger partial charge in [0.05, 0.1) is 12.3 Å². The Morgan fingerprint density at radius 3 is 2.76 bits per heavy atom. The Morgan fingerprint density at radius 2 is 2.10 bits per heavy atom. The number of aryl methyl sites for hydroxylation is 1. The van der Waals surface area contributed by atoms with E-state index in [2.05, 4.69) is 10.3 Å². The minimum absolute atomic E-state index is 0.0357. The molecule has 2 rings (SSSR count). The fourth-order valence-corrected chi connectivity index (χ4v) is 2.94. The second kappa shape index (κ2) is 7.29. The monoisotopic (exact) mass is 292 g/mol. The third-order valence-corrected chi connectivity index (χ3v) is 4.09. The summed E-state index contributed by atoms with van der Waals surface area (Å²) in [4.78, 5) is 26.9. The highest BCUT2D eigenvalue weighted by atomic mass is 16.5. The molecule has 0 aromatic carbocycles. The van der Waals surface area contributed by atoms with E-state index in [1.54, 1.807) is 20.0 Å². The zero-order chi connectivity index (χ0) is 15.2. The normalized spacial score (nSPS) is 15.1. The summed E-state index contributed by atoms with van der Waals surface area (Å²) in [6.07, 6.45) is 8.15. The minimum atomic E-state index is -0.401. The van der Waals surface area contributed by atoms with Crippen LogP contribution in [0.3, 0.4) is 0 Å². The molecule has 1 fully saturated rings. The van der Waals surface area contributed by atoms with E-state index in [-0.39, 0.29) is 5.91 Å². The zero-order valence-electron chi connectivity index (χ0n) is 12.8. The number of esters is 1. The summed E-state index contributed by atoms with van der Waals surface area (Å²) in [6.45, 7) is 3.87. The molecular formula is C16H24N2O3. The summed E-state index contributed by atoms with van der Waals surface area (Å²) in [7, 11) is 0. The van der Waals surface area contributed by atoms with Crippen LogP contribution in [0, 0.1) is 12.8 Å². The number of carbonyl (C=O) groups is 2. The number of ether oxygens (including phenoxy) is 1.